The van der Waals surface area contributed by atoms with Crippen molar-refractivity contribution in [3.05, 3.63) is 0 Å². The summed E-state index contributed by atoms with van der Waals surface area (Å²) in [5.74, 6) is -1.75. The number of carbonyl (C=O) groups excluding carboxylic acids is 2. The van der Waals surface area contributed by atoms with Crippen LogP contribution >= 0.6 is 0 Å². The molecule has 1 fully saturated rings. The molecule has 4 atom stereocenters. The second-order valence-corrected chi connectivity index (χ2v) is 4.63. The van der Waals surface area contributed by atoms with Crippen LogP contribution in [-0.2, 0) is 14.3 Å². The highest BCUT2D eigenvalue weighted by Crippen LogP contribution is 2.19. The highest BCUT2D eigenvalue weighted by Gasteiger charge is 2.48. The molecule has 1 aliphatic heterocycles. The number of esters is 1. The first kappa shape index (κ1) is 15.9. The Morgan fingerprint density at radius 2 is 2.05 bits per heavy atom. The molecule has 0 aliphatic carbocycles. The maximum atomic E-state index is 11.6. The van der Waals surface area contributed by atoms with Crippen LogP contribution in [-0.4, -0.2) is 58.2 Å². The van der Waals surface area contributed by atoms with Crippen molar-refractivity contribution in [2.45, 2.75) is 57.0 Å². The number of aliphatic hydroxyl groups excluding tert-OH is 3. The highest BCUT2D eigenvalue weighted by molar-refractivity contribution is 5.84. The predicted molar refractivity (Wildman–Crippen MR) is 65.1 cm³/mol. The van der Waals surface area contributed by atoms with Gasteiger partial charge in [-0.05, 0) is 6.42 Å². The Bertz CT molecular complexity index is 321. The molecule has 0 aromatic heterocycles. The number of hydrogen-bond acceptors (Lipinski definition) is 6. The van der Waals surface area contributed by atoms with Gasteiger partial charge in [0.25, 0.3) is 5.91 Å². The molecule has 0 aromatic rings. The third-order valence-corrected chi connectivity index (χ3v) is 3.06. The van der Waals surface area contributed by atoms with E-state index in [1.807, 2.05) is 0 Å². The van der Waals surface area contributed by atoms with Gasteiger partial charge in [-0.15, -0.1) is 0 Å². The first-order chi connectivity index (χ1) is 8.99. The van der Waals surface area contributed by atoms with Crippen LogP contribution in [0.3, 0.4) is 0 Å². The van der Waals surface area contributed by atoms with Gasteiger partial charge in [0, 0.05) is 6.54 Å². The van der Waals surface area contributed by atoms with Gasteiger partial charge in [-0.3, -0.25) is 4.79 Å². The van der Waals surface area contributed by atoms with E-state index < -0.39 is 36.3 Å². The SMILES string of the molecule is CCCCCCNC(=O)[C@H](O)[C@H]1OC(=O)[C@@H](O)[C@H]1O. The van der Waals surface area contributed by atoms with Crippen molar-refractivity contribution < 1.29 is 29.6 Å². The summed E-state index contributed by atoms with van der Waals surface area (Å²) in [5.41, 5.74) is 0. The lowest BCUT2D eigenvalue weighted by atomic mass is 10.1. The Morgan fingerprint density at radius 1 is 1.37 bits per heavy atom. The Hall–Kier alpha value is -1.18. The van der Waals surface area contributed by atoms with Crippen molar-refractivity contribution in [3.63, 3.8) is 0 Å². The summed E-state index contributed by atoms with van der Waals surface area (Å²) in [5, 5.41) is 30.8. The minimum atomic E-state index is -1.71. The van der Waals surface area contributed by atoms with E-state index in [-0.39, 0.29) is 0 Å². The number of hydrogen-bond donors (Lipinski definition) is 4. The second kappa shape index (κ2) is 7.42. The van der Waals surface area contributed by atoms with Crippen molar-refractivity contribution in [3.8, 4) is 0 Å². The van der Waals surface area contributed by atoms with Crippen molar-refractivity contribution in [2.24, 2.45) is 0 Å². The molecule has 0 saturated carbocycles. The van der Waals surface area contributed by atoms with Crippen LogP contribution in [0.2, 0.25) is 0 Å². The monoisotopic (exact) mass is 275 g/mol. The van der Waals surface area contributed by atoms with E-state index >= 15 is 0 Å². The number of amides is 1. The first-order valence-electron chi connectivity index (χ1n) is 6.51. The molecule has 1 saturated heterocycles. The van der Waals surface area contributed by atoms with Gasteiger partial charge in [0.15, 0.2) is 18.3 Å². The van der Waals surface area contributed by atoms with E-state index in [0.717, 1.165) is 25.7 Å². The van der Waals surface area contributed by atoms with Crippen LogP contribution in [0, 0.1) is 0 Å². The Labute approximate surface area is 111 Å². The summed E-state index contributed by atoms with van der Waals surface area (Å²) >= 11 is 0. The molecule has 0 unspecified atom stereocenters. The summed E-state index contributed by atoms with van der Waals surface area (Å²) in [6.45, 7) is 2.48. The van der Waals surface area contributed by atoms with Crippen LogP contribution < -0.4 is 5.32 Å². The summed E-state index contributed by atoms with van der Waals surface area (Å²) in [6.07, 6.45) is -2.47. The zero-order chi connectivity index (χ0) is 14.4. The quantitative estimate of drug-likeness (QED) is 0.339. The number of ether oxygens (including phenoxy) is 1. The second-order valence-electron chi connectivity index (χ2n) is 4.63. The summed E-state index contributed by atoms with van der Waals surface area (Å²) in [4.78, 5) is 22.6. The van der Waals surface area contributed by atoms with Crippen molar-refractivity contribution >= 4 is 11.9 Å². The Balaban J connectivity index is 2.34. The molecule has 1 aliphatic rings. The van der Waals surface area contributed by atoms with Crippen LogP contribution in [0.25, 0.3) is 0 Å². The topological polar surface area (TPSA) is 116 Å². The fourth-order valence-electron chi connectivity index (χ4n) is 1.86. The molecule has 19 heavy (non-hydrogen) atoms. The zero-order valence-electron chi connectivity index (χ0n) is 10.9. The van der Waals surface area contributed by atoms with E-state index in [9.17, 15) is 24.9 Å². The smallest absolute Gasteiger partial charge is 0.338 e. The first-order valence-corrected chi connectivity index (χ1v) is 6.51. The van der Waals surface area contributed by atoms with Crippen LogP contribution in [0.15, 0.2) is 0 Å². The van der Waals surface area contributed by atoms with Gasteiger partial charge < -0.3 is 25.4 Å². The molecule has 0 bridgehead atoms. The average molecular weight is 275 g/mol. The fourth-order valence-corrected chi connectivity index (χ4v) is 1.86. The summed E-state index contributed by atoms with van der Waals surface area (Å²) in [7, 11) is 0. The van der Waals surface area contributed by atoms with E-state index in [1.165, 1.54) is 0 Å². The number of rotatable bonds is 7. The molecule has 0 radical (unpaired) electrons. The normalized spacial score (nSPS) is 28.0. The lowest BCUT2D eigenvalue weighted by Gasteiger charge is -2.19. The highest BCUT2D eigenvalue weighted by atomic mass is 16.6. The molecular formula is C12H21NO6. The minimum Gasteiger partial charge on any atom is -0.454 e. The van der Waals surface area contributed by atoms with Gasteiger partial charge in [-0.25, -0.2) is 4.79 Å². The van der Waals surface area contributed by atoms with Gasteiger partial charge in [0.2, 0.25) is 0 Å². The number of carbonyl (C=O) groups is 2. The van der Waals surface area contributed by atoms with E-state index in [0.29, 0.717) is 6.54 Å². The van der Waals surface area contributed by atoms with E-state index in [4.69, 9.17) is 0 Å². The van der Waals surface area contributed by atoms with Crippen LogP contribution in [0.1, 0.15) is 32.6 Å². The maximum absolute atomic E-state index is 11.6. The number of unbranched alkanes of at least 4 members (excludes halogenated alkanes) is 3. The van der Waals surface area contributed by atoms with Crippen molar-refractivity contribution in [1.82, 2.24) is 5.32 Å². The third-order valence-electron chi connectivity index (χ3n) is 3.06. The zero-order valence-corrected chi connectivity index (χ0v) is 10.9. The van der Waals surface area contributed by atoms with Crippen LogP contribution in [0.4, 0.5) is 0 Å². The molecule has 110 valence electrons. The third kappa shape index (κ3) is 4.15. The van der Waals surface area contributed by atoms with Gasteiger partial charge >= 0.3 is 5.97 Å². The fraction of sp³-hybridized carbons (Fsp3) is 0.833. The van der Waals surface area contributed by atoms with Gasteiger partial charge in [-0.2, -0.15) is 0 Å². The van der Waals surface area contributed by atoms with Crippen LogP contribution in [0.5, 0.6) is 0 Å². The maximum Gasteiger partial charge on any atom is 0.338 e. The molecular weight excluding hydrogens is 254 g/mol. The average Bonchev–Trinajstić information content (AvgIpc) is 2.65. The van der Waals surface area contributed by atoms with Gasteiger partial charge in [-0.1, -0.05) is 26.2 Å². The lowest BCUT2D eigenvalue weighted by molar-refractivity contribution is -0.153. The largest absolute Gasteiger partial charge is 0.454 e. The molecule has 7 heteroatoms. The van der Waals surface area contributed by atoms with Crippen molar-refractivity contribution in [2.75, 3.05) is 6.54 Å². The molecule has 4 N–H and O–H groups in total. The van der Waals surface area contributed by atoms with Gasteiger partial charge in [0.05, 0.1) is 0 Å². The lowest BCUT2D eigenvalue weighted by Crippen LogP contribution is -2.47. The number of cyclic esters (lactones) is 1. The molecule has 1 heterocycles. The summed E-state index contributed by atoms with van der Waals surface area (Å²) in [6, 6.07) is 0. The summed E-state index contributed by atoms with van der Waals surface area (Å²) < 4.78 is 4.56. The Morgan fingerprint density at radius 3 is 2.58 bits per heavy atom. The minimum absolute atomic E-state index is 0.412. The van der Waals surface area contributed by atoms with E-state index in [1.54, 1.807) is 0 Å². The molecule has 0 spiro atoms. The number of aliphatic hydroxyl groups is 3. The molecule has 7 nitrogen and oxygen atoms in total. The van der Waals surface area contributed by atoms with E-state index in [2.05, 4.69) is 17.0 Å². The molecule has 1 rings (SSSR count). The molecule has 0 aromatic carbocycles. The number of nitrogens with one attached hydrogen (secondary N) is 1. The van der Waals surface area contributed by atoms with Gasteiger partial charge in [0.1, 0.15) is 6.10 Å². The standard InChI is InChI=1S/C12H21NO6/c1-2-3-4-5-6-13-11(17)9(16)10-7(14)8(15)12(18)19-10/h7-10,14-16H,2-6H2,1H3,(H,13,17)/t7-,8+,9-,10+/m1/s1. The predicted octanol–water partition coefficient (Wildman–Crippen LogP) is -1.31. The Kier molecular flexibility index (Phi) is 6.20. The van der Waals surface area contributed by atoms with Crippen molar-refractivity contribution in [1.29, 1.82) is 0 Å². The molecule has 1 amide bonds.